The Morgan fingerprint density at radius 2 is 0.884 bits per heavy atom. The zero-order valence-electron chi connectivity index (χ0n) is 44.6. The fourth-order valence-electron chi connectivity index (χ4n) is 8.29. The molecule has 17 nitrogen and oxygen atoms in total. The van der Waals surface area contributed by atoms with Crippen LogP contribution in [0.25, 0.3) is 55.4 Å². The number of sulfonamides is 1. The first-order valence-corrected chi connectivity index (χ1v) is 27.8. The van der Waals surface area contributed by atoms with Crippen LogP contribution in [0.4, 0.5) is 33.8 Å². The number of fused-ring (bicyclic) bond motifs is 2. The highest BCUT2D eigenvalue weighted by Crippen LogP contribution is 2.36. The third-order valence-corrected chi connectivity index (χ3v) is 15.3. The van der Waals surface area contributed by atoms with Crippen LogP contribution in [0.15, 0.2) is 202 Å². The van der Waals surface area contributed by atoms with Crippen molar-refractivity contribution in [1.82, 2.24) is 29.1 Å². The van der Waals surface area contributed by atoms with E-state index in [0.29, 0.717) is 49.8 Å². The molecule has 0 aliphatic carbocycles. The van der Waals surface area contributed by atoms with Gasteiger partial charge in [-0.25, -0.2) is 46.2 Å². The van der Waals surface area contributed by atoms with Gasteiger partial charge in [-0.05, 0) is 131 Å². The molecule has 2 unspecified atom stereocenters. The Bertz CT molecular complexity index is 4640. The van der Waals surface area contributed by atoms with Gasteiger partial charge in [0, 0.05) is 57.7 Å². The van der Waals surface area contributed by atoms with Crippen LogP contribution in [0.5, 0.6) is 17.2 Å². The van der Waals surface area contributed by atoms with E-state index in [2.05, 4.69) is 28.8 Å². The first-order chi connectivity index (χ1) is 40.2. The lowest BCUT2D eigenvalue weighted by Gasteiger charge is -2.16. The molecule has 4 aromatic heterocycles. The maximum Gasteiger partial charge on any atom is 0.339 e. The van der Waals surface area contributed by atoms with Gasteiger partial charge in [-0.1, -0.05) is 59.6 Å². The topological polar surface area (TPSA) is 230 Å². The largest absolute Gasteiger partial charge is 0.495 e. The number of nitrogen functional groups attached to an aromatic ring is 1. The van der Waals surface area contributed by atoms with Crippen LogP contribution >= 0.6 is 43.0 Å². The molecule has 11 rings (SSSR count). The van der Waals surface area contributed by atoms with Crippen LogP contribution < -0.4 is 35.2 Å². The highest BCUT2D eigenvalue weighted by molar-refractivity contribution is 7.92. The van der Waals surface area contributed by atoms with Crippen molar-refractivity contribution in [2.75, 3.05) is 24.7 Å². The number of methoxy groups -OCH3 is 2. The number of anilines is 2. The second-order valence-corrected chi connectivity index (χ2v) is 21.6. The molecule has 3 N–H and O–H groups in total. The zero-order chi connectivity index (χ0) is 60.0. The van der Waals surface area contributed by atoms with Crippen LogP contribution in [0, 0.1) is 29.1 Å². The number of nitrogens with two attached hydrogens (primary N) is 1. The Morgan fingerprint density at radius 3 is 1.30 bits per heavy atom. The molecule has 0 saturated heterocycles. The van der Waals surface area contributed by atoms with Gasteiger partial charge in [-0.2, -0.15) is 37.0 Å². The average molecular weight is 1290 g/mol. The number of halogens is 7. The minimum Gasteiger partial charge on any atom is -0.495 e. The lowest BCUT2D eigenvalue weighted by Crippen LogP contribution is -2.19. The Balaban J connectivity index is 0.000000217. The quantitative estimate of drug-likeness (QED) is 0.0381. The SMILES string of the molecule is COc1cc(-c2ccc(Cl)cc2)ccc1-n1c(=O)ccc2cc(S(=O)(=O)Nc3ncccn3)ccc21.COc1cc(-c2ccc(Cl)cc2)ccc1-n1c(=O)ccc2cc(S(=O)(=O)Oc3c(F)c(F)c(F)c(F)c3F)ccc21.Nc1ncccn1.P.P. The second kappa shape index (κ2) is 27.4. The number of nitrogens with zero attached hydrogens (tertiary/aromatic N) is 6. The number of rotatable bonds is 12. The maximum atomic E-state index is 14.0. The maximum absolute atomic E-state index is 14.0. The number of nitrogens with one attached hydrogen (secondary N) is 1. The van der Waals surface area contributed by atoms with Crippen molar-refractivity contribution in [2.24, 2.45) is 0 Å². The molecule has 0 amide bonds. The van der Waals surface area contributed by atoms with E-state index in [0.717, 1.165) is 40.5 Å². The molecule has 0 aliphatic heterocycles. The first kappa shape index (κ1) is 64.7. The summed E-state index contributed by atoms with van der Waals surface area (Å²) in [5.74, 6) is -13.0. The van der Waals surface area contributed by atoms with Gasteiger partial charge in [0.1, 0.15) is 16.4 Å². The normalized spacial score (nSPS) is 11.0. The van der Waals surface area contributed by atoms with Crippen LogP contribution in [0.2, 0.25) is 10.0 Å². The van der Waals surface area contributed by atoms with E-state index in [1.165, 1.54) is 66.1 Å². The van der Waals surface area contributed by atoms with Gasteiger partial charge in [-0.3, -0.25) is 18.7 Å². The molecule has 0 fully saturated rings. The van der Waals surface area contributed by atoms with Gasteiger partial charge >= 0.3 is 10.1 Å². The molecule has 11 aromatic rings. The lowest BCUT2D eigenvalue weighted by atomic mass is 10.0. The summed E-state index contributed by atoms with van der Waals surface area (Å²) in [5, 5.41) is 1.90. The van der Waals surface area contributed by atoms with E-state index in [1.54, 1.807) is 97.3 Å². The second-order valence-electron chi connectivity index (χ2n) is 17.5. The van der Waals surface area contributed by atoms with E-state index >= 15 is 0 Å². The van der Waals surface area contributed by atoms with Crippen molar-refractivity contribution in [3.05, 3.63) is 242 Å². The zero-order valence-corrected chi connectivity index (χ0v) is 50.6. The minimum absolute atomic E-state index is 0. The fourth-order valence-corrected chi connectivity index (χ4v) is 10.5. The molecular formula is C58H45Cl2F5N8O9P2S2. The highest BCUT2D eigenvalue weighted by atomic mass is 35.5. The molecule has 28 heteroatoms. The number of hydrogen-bond acceptors (Lipinski definition) is 14. The van der Waals surface area contributed by atoms with Gasteiger partial charge in [0.15, 0.2) is 0 Å². The standard InChI is InChI=1S/C28H15ClF5NO5S.C26H19ClN4O4S.C4H5N3.2H3P/c1-39-21-13-15(14-2-6-17(29)7-3-14)4-9-20(21)35-19-10-8-18(12-16(19)5-11-22(35)36)41(37,38)40-28-26(33)24(31)23(30)25(32)27(28)34;1-35-24-16-18(17-3-7-20(27)8-4-17)5-10-23(24)31-22-11-9-21(15-19(22)6-12-25(31)32)36(33,34)30-26-28-13-2-14-29-26;5-4-6-2-1-3-7-4;;/h2-13H,1H3;2-16H,1H3,(H,28,29,30);1-3H,(H2,5,6,7);2*1H3. The summed E-state index contributed by atoms with van der Waals surface area (Å²) >= 11 is 12.0. The van der Waals surface area contributed by atoms with E-state index in [9.17, 15) is 48.4 Å². The molecule has 4 heterocycles. The molecule has 0 spiro atoms. The van der Waals surface area contributed by atoms with E-state index in [1.807, 2.05) is 24.3 Å². The summed E-state index contributed by atoms with van der Waals surface area (Å²) < 4.78 is 140. The van der Waals surface area contributed by atoms with Crippen molar-refractivity contribution in [3.63, 3.8) is 0 Å². The van der Waals surface area contributed by atoms with Crippen molar-refractivity contribution in [3.8, 4) is 50.9 Å². The average Bonchev–Trinajstić information content (AvgIpc) is 1.08. The molecule has 7 aromatic carbocycles. The number of hydrogen-bond donors (Lipinski definition) is 2. The predicted octanol–water partition coefficient (Wildman–Crippen LogP) is 11.9. The Labute approximate surface area is 503 Å². The Kier molecular flexibility index (Phi) is 20.6. The van der Waals surface area contributed by atoms with Crippen molar-refractivity contribution in [1.29, 1.82) is 0 Å². The third-order valence-electron chi connectivity index (χ3n) is 12.3. The van der Waals surface area contributed by atoms with Gasteiger partial charge < -0.3 is 19.4 Å². The molecule has 0 radical (unpaired) electrons. The van der Waals surface area contributed by atoms with Gasteiger partial charge in [-0.15, -0.1) is 0 Å². The monoisotopic (exact) mass is 1290 g/mol. The molecule has 2 atom stereocenters. The Hall–Kier alpha value is -8.89. The van der Waals surface area contributed by atoms with Crippen LogP contribution in [-0.4, -0.2) is 60.1 Å². The summed E-state index contributed by atoms with van der Waals surface area (Å²) in [7, 11) is -6.10. The van der Waals surface area contributed by atoms with Crippen molar-refractivity contribution >= 4 is 96.8 Å². The Morgan fingerprint density at radius 1 is 0.488 bits per heavy atom. The highest BCUT2D eigenvalue weighted by Gasteiger charge is 2.31. The van der Waals surface area contributed by atoms with Crippen molar-refractivity contribution in [2.45, 2.75) is 9.79 Å². The molecule has 0 aliphatic rings. The van der Waals surface area contributed by atoms with Crippen LogP contribution in [0.3, 0.4) is 0 Å². The smallest absolute Gasteiger partial charge is 0.339 e. The molecular weight excluding hydrogens is 1240 g/mol. The predicted molar refractivity (Wildman–Crippen MR) is 329 cm³/mol. The summed E-state index contributed by atoms with van der Waals surface area (Å²) in [5.41, 5.74) is 9.35. The number of pyridine rings is 2. The first-order valence-electron chi connectivity index (χ1n) is 24.2. The van der Waals surface area contributed by atoms with Gasteiger partial charge in [0.2, 0.25) is 46.7 Å². The van der Waals surface area contributed by atoms with E-state index in [-0.39, 0.29) is 47.1 Å². The number of ether oxygens (including phenoxy) is 2. The van der Waals surface area contributed by atoms with Gasteiger partial charge in [0.05, 0.1) is 41.5 Å². The third kappa shape index (κ3) is 14.1. The summed E-state index contributed by atoms with van der Waals surface area (Å²) in [6.07, 6.45) is 6.08. The molecule has 86 heavy (non-hydrogen) atoms. The summed E-state index contributed by atoms with van der Waals surface area (Å²) in [6, 6.07) is 41.4. The lowest BCUT2D eigenvalue weighted by molar-refractivity contribution is 0.346. The number of aromatic nitrogens is 6. The summed E-state index contributed by atoms with van der Waals surface area (Å²) in [6.45, 7) is 0. The van der Waals surface area contributed by atoms with Crippen LogP contribution in [0.1, 0.15) is 0 Å². The molecule has 0 saturated carbocycles. The fraction of sp³-hybridized carbons (Fsp3) is 0.0345. The molecule has 0 bridgehead atoms. The van der Waals surface area contributed by atoms with Crippen molar-refractivity contribution < 1.29 is 52.4 Å². The number of benzene rings is 7. The minimum atomic E-state index is -5.09. The summed E-state index contributed by atoms with van der Waals surface area (Å²) in [4.78, 5) is 40.3. The molecule has 442 valence electrons. The van der Waals surface area contributed by atoms with Crippen LogP contribution in [-0.2, 0) is 20.1 Å². The van der Waals surface area contributed by atoms with E-state index in [4.69, 9.17) is 38.4 Å². The van der Waals surface area contributed by atoms with Gasteiger partial charge in [0.25, 0.3) is 21.1 Å². The van der Waals surface area contributed by atoms with E-state index < -0.39 is 65.4 Å².